The molecule has 8 nitrogen and oxygen atoms in total. The van der Waals surface area contributed by atoms with Gasteiger partial charge in [0, 0.05) is 21.4 Å². The van der Waals surface area contributed by atoms with E-state index in [1.165, 1.54) is 35.1 Å². The number of ether oxygens (including phenoxy) is 1. The van der Waals surface area contributed by atoms with Gasteiger partial charge in [-0.25, -0.2) is 4.90 Å². The molecule has 4 aromatic rings. The number of halogens is 3. The zero-order chi connectivity index (χ0) is 29.8. The Morgan fingerprint density at radius 1 is 1.02 bits per heavy atom. The first-order valence-corrected chi connectivity index (χ1v) is 15.1. The highest BCUT2D eigenvalue weighted by Gasteiger charge is 2.57. The van der Waals surface area contributed by atoms with Crippen molar-refractivity contribution in [3.8, 4) is 5.75 Å². The number of benzene rings is 2. The number of thiazole rings is 1. The highest BCUT2D eigenvalue weighted by Crippen LogP contribution is 2.54. The first-order valence-electron chi connectivity index (χ1n) is 12.5. The van der Waals surface area contributed by atoms with E-state index in [0.717, 1.165) is 45.0 Å². The molecule has 14 heteroatoms. The average Bonchev–Trinajstić information content (AvgIpc) is 3.66. The van der Waals surface area contributed by atoms with Crippen molar-refractivity contribution in [1.82, 2.24) is 4.57 Å². The van der Waals surface area contributed by atoms with Crippen LogP contribution in [-0.4, -0.2) is 34.6 Å². The standard InChI is InChI=1S/C28H20F3N3O5S3/c1-39-17-9-7-16(8-10-17)34-24(36)21-20(18-6-3-11-40-18)23-26(41-22(21)25(34)37)33(27(38)42-23)13-19(35)32-15-5-2-4-14(12-15)28(29,30)31/h2-12,20-22H,13H2,1H3,(H,32,35). The van der Waals surface area contributed by atoms with Crippen molar-refractivity contribution >= 4 is 63.5 Å². The van der Waals surface area contributed by atoms with Crippen LogP contribution in [0.15, 0.2) is 75.9 Å². The molecule has 2 aliphatic rings. The summed E-state index contributed by atoms with van der Waals surface area (Å²) >= 11 is 3.36. The number of nitrogens with one attached hydrogen (secondary N) is 1. The van der Waals surface area contributed by atoms with Gasteiger partial charge in [-0.3, -0.25) is 23.7 Å². The number of hydrogen-bond acceptors (Lipinski definition) is 8. The molecule has 1 fully saturated rings. The fourth-order valence-corrected chi connectivity index (χ4v) is 8.85. The van der Waals surface area contributed by atoms with Crippen LogP contribution in [0.1, 0.15) is 21.2 Å². The predicted octanol–water partition coefficient (Wildman–Crippen LogP) is 5.43. The quantitative estimate of drug-likeness (QED) is 0.285. The Kier molecular flexibility index (Phi) is 7.23. The van der Waals surface area contributed by atoms with Crippen molar-refractivity contribution < 1.29 is 32.3 Å². The third kappa shape index (κ3) is 4.92. The minimum Gasteiger partial charge on any atom is -0.497 e. The van der Waals surface area contributed by atoms with Crippen LogP contribution in [0.4, 0.5) is 24.5 Å². The summed E-state index contributed by atoms with van der Waals surface area (Å²) < 4.78 is 45.8. The predicted molar refractivity (Wildman–Crippen MR) is 153 cm³/mol. The van der Waals surface area contributed by atoms with Gasteiger partial charge in [-0.05, 0) is 53.9 Å². The SMILES string of the molecule is COc1ccc(N2C(=O)C3Sc4c(sc(=O)n4CC(=O)Nc4cccc(C(F)(F)F)c4)C(c4cccs4)C3C2=O)cc1. The third-order valence-electron chi connectivity index (χ3n) is 7.00. The highest BCUT2D eigenvalue weighted by atomic mass is 32.2. The minimum atomic E-state index is -4.58. The fourth-order valence-electron chi connectivity index (χ4n) is 5.13. The van der Waals surface area contributed by atoms with Gasteiger partial charge in [-0.1, -0.05) is 35.2 Å². The maximum Gasteiger partial charge on any atom is 0.416 e. The lowest BCUT2D eigenvalue weighted by Crippen LogP contribution is -2.32. The Bertz CT molecular complexity index is 1750. The molecule has 3 amide bonds. The molecule has 0 aliphatic carbocycles. The second-order valence-corrected chi connectivity index (χ2v) is 12.6. The number of hydrogen-bond donors (Lipinski definition) is 1. The topological polar surface area (TPSA) is 97.7 Å². The molecule has 0 bridgehead atoms. The summed E-state index contributed by atoms with van der Waals surface area (Å²) in [6.45, 7) is -0.479. The van der Waals surface area contributed by atoms with Crippen molar-refractivity contribution in [3.05, 3.63) is 91.0 Å². The zero-order valence-electron chi connectivity index (χ0n) is 21.6. The lowest BCUT2D eigenvalue weighted by atomic mass is 9.87. The van der Waals surface area contributed by atoms with Gasteiger partial charge in [0.25, 0.3) is 0 Å². The summed E-state index contributed by atoms with van der Waals surface area (Å²) in [7, 11) is 1.51. The van der Waals surface area contributed by atoms with E-state index in [1.54, 1.807) is 24.3 Å². The molecule has 2 aromatic heterocycles. The Morgan fingerprint density at radius 2 is 1.79 bits per heavy atom. The number of fused-ring (bicyclic) bond motifs is 2. The van der Waals surface area contributed by atoms with E-state index in [2.05, 4.69) is 5.32 Å². The van der Waals surface area contributed by atoms with E-state index in [1.807, 2.05) is 17.5 Å². The molecular weight excluding hydrogens is 612 g/mol. The lowest BCUT2D eigenvalue weighted by molar-refractivity contribution is -0.137. The number of alkyl halides is 3. The molecule has 2 aromatic carbocycles. The molecular formula is C28H20F3N3O5S3. The van der Waals surface area contributed by atoms with Gasteiger partial charge in [0.2, 0.25) is 17.7 Å². The minimum absolute atomic E-state index is 0.0668. The maximum atomic E-state index is 13.8. The van der Waals surface area contributed by atoms with Gasteiger partial charge >= 0.3 is 11.0 Å². The second kappa shape index (κ2) is 10.7. The third-order valence-corrected chi connectivity index (χ3v) is 10.6. The van der Waals surface area contributed by atoms with E-state index < -0.39 is 52.1 Å². The first kappa shape index (κ1) is 28.2. The molecule has 6 rings (SSSR count). The molecule has 42 heavy (non-hydrogen) atoms. The molecule has 216 valence electrons. The van der Waals surface area contributed by atoms with Crippen molar-refractivity contribution in [2.45, 2.75) is 28.9 Å². The smallest absolute Gasteiger partial charge is 0.416 e. The van der Waals surface area contributed by atoms with E-state index >= 15 is 0 Å². The Balaban J connectivity index is 1.34. The van der Waals surface area contributed by atoms with Crippen LogP contribution in [0.25, 0.3) is 0 Å². The molecule has 2 aliphatic heterocycles. The summed E-state index contributed by atoms with van der Waals surface area (Å²) in [6, 6.07) is 14.4. The van der Waals surface area contributed by atoms with Gasteiger partial charge < -0.3 is 10.1 Å². The maximum absolute atomic E-state index is 13.8. The van der Waals surface area contributed by atoms with Crippen molar-refractivity contribution in [2.24, 2.45) is 5.92 Å². The van der Waals surface area contributed by atoms with Crippen molar-refractivity contribution in [3.63, 3.8) is 0 Å². The fraction of sp³-hybridized carbons (Fsp3) is 0.214. The normalized spacial score (nSPS) is 19.9. The monoisotopic (exact) mass is 631 g/mol. The number of anilines is 2. The Morgan fingerprint density at radius 3 is 2.45 bits per heavy atom. The van der Waals surface area contributed by atoms with E-state index in [9.17, 15) is 32.3 Å². The molecule has 0 radical (unpaired) electrons. The summed E-state index contributed by atoms with van der Waals surface area (Å²) in [4.78, 5) is 55.7. The van der Waals surface area contributed by atoms with Crippen LogP contribution < -0.4 is 19.8 Å². The Hall–Kier alpha value is -3.88. The zero-order valence-corrected chi connectivity index (χ0v) is 24.0. The first-order chi connectivity index (χ1) is 20.1. The molecule has 0 saturated carbocycles. The summed E-state index contributed by atoms with van der Waals surface area (Å²) in [5.41, 5.74) is -0.591. The van der Waals surface area contributed by atoms with Gasteiger partial charge in [0.15, 0.2) is 0 Å². The van der Waals surface area contributed by atoms with E-state index in [0.29, 0.717) is 21.3 Å². The summed E-state index contributed by atoms with van der Waals surface area (Å²) in [5.74, 6) is -2.33. The molecule has 3 atom stereocenters. The van der Waals surface area contributed by atoms with Crippen LogP contribution in [0, 0.1) is 5.92 Å². The van der Waals surface area contributed by atoms with Gasteiger partial charge in [0.05, 0.1) is 29.3 Å². The molecule has 3 unspecified atom stereocenters. The molecule has 1 N–H and O–H groups in total. The number of nitrogens with zero attached hydrogens (tertiary/aromatic N) is 2. The van der Waals surface area contributed by atoms with E-state index in [4.69, 9.17) is 4.74 Å². The second-order valence-electron chi connectivity index (χ2n) is 9.52. The number of imide groups is 1. The van der Waals surface area contributed by atoms with Crippen LogP contribution >= 0.6 is 34.4 Å². The van der Waals surface area contributed by atoms with Crippen molar-refractivity contribution in [1.29, 1.82) is 0 Å². The van der Waals surface area contributed by atoms with Gasteiger partial charge in [-0.2, -0.15) is 13.2 Å². The van der Waals surface area contributed by atoms with Crippen LogP contribution in [0.2, 0.25) is 0 Å². The summed E-state index contributed by atoms with van der Waals surface area (Å²) in [5, 5.41) is 3.80. The van der Waals surface area contributed by atoms with Gasteiger partial charge in [-0.15, -0.1) is 11.3 Å². The Labute approximate surface area is 248 Å². The number of rotatable bonds is 6. The van der Waals surface area contributed by atoms with Crippen molar-refractivity contribution in [2.75, 3.05) is 17.3 Å². The number of carbonyl (C=O) groups excluding carboxylic acids is 3. The highest BCUT2D eigenvalue weighted by molar-refractivity contribution is 8.00. The lowest BCUT2D eigenvalue weighted by Gasteiger charge is -2.29. The van der Waals surface area contributed by atoms with Crippen LogP contribution in [-0.2, 0) is 27.1 Å². The number of carbonyl (C=O) groups is 3. The number of amides is 3. The van der Waals surface area contributed by atoms with Crippen LogP contribution in [0.5, 0.6) is 5.75 Å². The average molecular weight is 632 g/mol. The largest absolute Gasteiger partial charge is 0.497 e. The number of aromatic nitrogens is 1. The van der Waals surface area contributed by atoms with Gasteiger partial charge in [0.1, 0.15) is 17.5 Å². The summed E-state index contributed by atoms with van der Waals surface area (Å²) in [6.07, 6.45) is -4.58. The molecule has 4 heterocycles. The number of methoxy groups -OCH3 is 1. The van der Waals surface area contributed by atoms with Crippen LogP contribution in [0.3, 0.4) is 0 Å². The molecule has 0 spiro atoms. The number of thiophene rings is 1. The number of thioether (sulfide) groups is 1. The van der Waals surface area contributed by atoms with E-state index in [-0.39, 0.29) is 11.6 Å². The molecule has 1 saturated heterocycles.